The number of anilines is 3. The van der Waals surface area contributed by atoms with Gasteiger partial charge in [0.05, 0.1) is 20.6 Å². The van der Waals surface area contributed by atoms with Gasteiger partial charge in [-0.3, -0.25) is 4.72 Å². The van der Waals surface area contributed by atoms with Gasteiger partial charge in [-0.15, -0.1) is 0 Å². The summed E-state index contributed by atoms with van der Waals surface area (Å²) in [5.74, 6) is 0. The largest absolute Gasteiger partial charge is 0.332 e. The summed E-state index contributed by atoms with van der Waals surface area (Å²) in [6.07, 6.45) is 3.40. The van der Waals surface area contributed by atoms with E-state index in [1.165, 1.54) is 42.7 Å². The number of benzene rings is 3. The normalized spacial score (nSPS) is 11.1. The monoisotopic (exact) mass is 507 g/mol. The Bertz CT molecular complexity index is 1180. The molecule has 0 aliphatic rings. The van der Waals surface area contributed by atoms with Crippen LogP contribution >= 0.6 is 35.4 Å². The summed E-state index contributed by atoms with van der Waals surface area (Å²) in [5.41, 5.74) is 3.17. The lowest BCUT2D eigenvalue weighted by atomic mass is 10.1. The molecule has 3 N–H and O–H groups in total. The van der Waals surface area contributed by atoms with Gasteiger partial charge in [-0.1, -0.05) is 48.7 Å². The van der Waals surface area contributed by atoms with Crippen molar-refractivity contribution < 1.29 is 8.42 Å². The van der Waals surface area contributed by atoms with Crippen LogP contribution in [0.5, 0.6) is 0 Å². The van der Waals surface area contributed by atoms with E-state index in [0.717, 1.165) is 12.1 Å². The first kappa shape index (κ1) is 24.3. The minimum Gasteiger partial charge on any atom is -0.332 e. The highest BCUT2D eigenvalue weighted by Crippen LogP contribution is 2.26. The Morgan fingerprint density at radius 2 is 1.41 bits per heavy atom. The maximum Gasteiger partial charge on any atom is 0.261 e. The third-order valence-corrected chi connectivity index (χ3v) is 6.97. The van der Waals surface area contributed by atoms with Gasteiger partial charge in [-0.05, 0) is 85.2 Å². The van der Waals surface area contributed by atoms with Crippen LogP contribution in [0.1, 0.15) is 25.3 Å². The van der Waals surface area contributed by atoms with Crippen LogP contribution in [0.4, 0.5) is 17.1 Å². The molecule has 0 aliphatic heterocycles. The Morgan fingerprint density at radius 3 is 1.97 bits per heavy atom. The lowest BCUT2D eigenvalue weighted by molar-refractivity contribution is 0.601. The maximum absolute atomic E-state index is 12.6. The molecule has 0 aliphatic carbocycles. The molecular weight excluding hydrogens is 485 g/mol. The Labute approximate surface area is 204 Å². The fourth-order valence-corrected chi connectivity index (χ4v) is 4.50. The van der Waals surface area contributed by atoms with Gasteiger partial charge in [-0.25, -0.2) is 8.42 Å². The predicted octanol–water partition coefficient (Wildman–Crippen LogP) is 6.95. The summed E-state index contributed by atoms with van der Waals surface area (Å²) in [6.45, 7) is 2.17. The van der Waals surface area contributed by atoms with Crippen LogP contribution in [-0.2, 0) is 16.4 Å². The summed E-state index contributed by atoms with van der Waals surface area (Å²) in [7, 11) is -3.78. The Morgan fingerprint density at radius 1 is 0.844 bits per heavy atom. The van der Waals surface area contributed by atoms with Crippen molar-refractivity contribution in [3.05, 3.63) is 82.3 Å². The standard InChI is InChI=1S/C23H23Cl2N3O2S2/c1-2-3-4-16-5-7-17(8-6-16)26-23(31)27-18-9-12-20(13-10-18)32(29,30)28-19-11-14-21(24)22(25)15-19/h5-15,28H,2-4H2,1H3,(H2,26,27,31). The zero-order chi connectivity index (χ0) is 23.1. The molecule has 5 nitrogen and oxygen atoms in total. The van der Waals surface area contributed by atoms with Crippen molar-refractivity contribution in [1.29, 1.82) is 0 Å². The van der Waals surface area contributed by atoms with E-state index in [2.05, 4.69) is 34.4 Å². The number of hydrogen-bond donors (Lipinski definition) is 3. The molecule has 0 saturated heterocycles. The van der Waals surface area contributed by atoms with Crippen LogP contribution in [0.25, 0.3) is 0 Å². The molecule has 3 aromatic rings. The van der Waals surface area contributed by atoms with Crippen LogP contribution in [0.2, 0.25) is 10.0 Å². The first-order valence-corrected chi connectivity index (χ1v) is 12.7. The van der Waals surface area contributed by atoms with Crippen LogP contribution in [-0.4, -0.2) is 13.5 Å². The molecule has 0 radical (unpaired) electrons. The van der Waals surface area contributed by atoms with Gasteiger partial charge in [0.2, 0.25) is 0 Å². The topological polar surface area (TPSA) is 70.2 Å². The fraction of sp³-hybridized carbons (Fsp3) is 0.174. The summed E-state index contributed by atoms with van der Waals surface area (Å²) < 4.78 is 27.7. The fourth-order valence-electron chi connectivity index (χ4n) is 2.92. The minimum atomic E-state index is -3.78. The number of thiocarbonyl (C=S) groups is 1. The molecule has 0 bridgehead atoms. The van der Waals surface area contributed by atoms with E-state index < -0.39 is 10.0 Å². The van der Waals surface area contributed by atoms with Gasteiger partial charge in [0.15, 0.2) is 5.11 Å². The number of halogens is 2. The third kappa shape index (κ3) is 6.84. The quantitative estimate of drug-likeness (QED) is 0.288. The van der Waals surface area contributed by atoms with Gasteiger partial charge in [0, 0.05) is 11.4 Å². The molecule has 32 heavy (non-hydrogen) atoms. The smallest absolute Gasteiger partial charge is 0.261 e. The number of aryl methyl sites for hydroxylation is 1. The first-order valence-electron chi connectivity index (χ1n) is 10.0. The second-order valence-corrected chi connectivity index (χ2v) is 10.0. The number of unbranched alkanes of at least 4 members (excludes halogenated alkanes) is 1. The van der Waals surface area contributed by atoms with Gasteiger partial charge in [0.25, 0.3) is 10.0 Å². The van der Waals surface area contributed by atoms with E-state index in [-0.39, 0.29) is 9.92 Å². The molecular formula is C23H23Cl2N3O2S2. The van der Waals surface area contributed by atoms with Crippen molar-refractivity contribution in [3.8, 4) is 0 Å². The van der Waals surface area contributed by atoms with Crippen molar-refractivity contribution in [2.45, 2.75) is 31.1 Å². The SMILES string of the molecule is CCCCc1ccc(NC(=S)Nc2ccc(S(=O)(=O)Nc3ccc(Cl)c(Cl)c3)cc2)cc1. The van der Waals surface area contributed by atoms with Crippen LogP contribution in [0.3, 0.4) is 0 Å². The van der Waals surface area contributed by atoms with E-state index in [4.69, 9.17) is 35.4 Å². The number of nitrogens with one attached hydrogen (secondary N) is 3. The molecule has 168 valence electrons. The molecule has 0 heterocycles. The highest BCUT2D eigenvalue weighted by atomic mass is 35.5. The van der Waals surface area contributed by atoms with Crippen LogP contribution in [0.15, 0.2) is 71.6 Å². The lowest BCUT2D eigenvalue weighted by Gasteiger charge is -2.12. The number of rotatable bonds is 8. The van der Waals surface area contributed by atoms with E-state index in [9.17, 15) is 8.42 Å². The zero-order valence-electron chi connectivity index (χ0n) is 17.4. The van der Waals surface area contributed by atoms with Crippen molar-refractivity contribution >= 4 is 67.6 Å². The van der Waals surface area contributed by atoms with Gasteiger partial charge in [0.1, 0.15) is 0 Å². The van der Waals surface area contributed by atoms with Crippen molar-refractivity contribution in [2.24, 2.45) is 0 Å². The highest BCUT2D eigenvalue weighted by Gasteiger charge is 2.15. The molecule has 0 aromatic heterocycles. The van der Waals surface area contributed by atoms with E-state index in [1.54, 1.807) is 18.2 Å². The van der Waals surface area contributed by atoms with Crippen LogP contribution < -0.4 is 15.4 Å². The van der Waals surface area contributed by atoms with Crippen molar-refractivity contribution in [3.63, 3.8) is 0 Å². The van der Waals surface area contributed by atoms with Crippen molar-refractivity contribution in [2.75, 3.05) is 15.4 Å². The highest BCUT2D eigenvalue weighted by molar-refractivity contribution is 7.92. The van der Waals surface area contributed by atoms with Gasteiger partial charge in [-0.2, -0.15) is 0 Å². The molecule has 0 fully saturated rings. The van der Waals surface area contributed by atoms with Gasteiger partial charge >= 0.3 is 0 Å². The third-order valence-electron chi connectivity index (χ3n) is 4.63. The molecule has 0 spiro atoms. The minimum absolute atomic E-state index is 0.107. The predicted molar refractivity (Wildman–Crippen MR) is 139 cm³/mol. The molecule has 9 heteroatoms. The molecule has 0 saturated carbocycles. The van der Waals surface area contributed by atoms with E-state index >= 15 is 0 Å². The second-order valence-electron chi connectivity index (χ2n) is 7.14. The molecule has 0 unspecified atom stereocenters. The molecule has 0 atom stereocenters. The summed E-state index contributed by atoms with van der Waals surface area (Å²) in [4.78, 5) is 0.107. The van der Waals surface area contributed by atoms with Crippen molar-refractivity contribution in [1.82, 2.24) is 0 Å². The van der Waals surface area contributed by atoms with E-state index in [1.807, 2.05) is 12.1 Å². The number of hydrogen-bond acceptors (Lipinski definition) is 3. The van der Waals surface area contributed by atoms with E-state index in [0.29, 0.717) is 21.5 Å². The zero-order valence-corrected chi connectivity index (χ0v) is 20.5. The summed E-state index contributed by atoms with van der Waals surface area (Å²) in [6, 6.07) is 19.0. The van der Waals surface area contributed by atoms with Gasteiger partial charge < -0.3 is 10.6 Å². The Balaban J connectivity index is 1.59. The molecule has 0 amide bonds. The Hall–Kier alpha value is -2.32. The summed E-state index contributed by atoms with van der Waals surface area (Å²) in [5, 5.41) is 7.21. The molecule has 3 rings (SSSR count). The first-order chi connectivity index (χ1) is 15.3. The lowest BCUT2D eigenvalue weighted by Crippen LogP contribution is -2.19. The second kappa shape index (κ2) is 11.0. The molecule has 3 aromatic carbocycles. The van der Waals surface area contributed by atoms with Crippen LogP contribution in [0, 0.1) is 0 Å². The summed E-state index contributed by atoms with van der Waals surface area (Å²) >= 11 is 17.2. The average molecular weight is 508 g/mol. The number of sulfonamides is 1. The maximum atomic E-state index is 12.6. The Kier molecular flexibility index (Phi) is 8.37. The average Bonchev–Trinajstić information content (AvgIpc) is 2.76.